The van der Waals surface area contributed by atoms with Gasteiger partial charge < -0.3 is 20.1 Å². The molecule has 1 aliphatic rings. The summed E-state index contributed by atoms with van der Waals surface area (Å²) in [5.41, 5.74) is 4.29. The second-order valence-electron chi connectivity index (χ2n) is 9.01. The zero-order valence-electron chi connectivity index (χ0n) is 19.9. The summed E-state index contributed by atoms with van der Waals surface area (Å²) >= 11 is 0. The zero-order chi connectivity index (χ0) is 24.6. The molecule has 10 nitrogen and oxygen atoms in total. The average Bonchev–Trinajstić information content (AvgIpc) is 3.33. The number of aryl methyl sites for hydroxylation is 1. The van der Waals surface area contributed by atoms with E-state index >= 15 is 0 Å². The van der Waals surface area contributed by atoms with E-state index in [-0.39, 0.29) is 5.91 Å². The standard InChI is InChI=1S/C25H27N7O3/c1-16-19(20-14-21(31-8-10-35-11-9-31)23-27-6-7-32(23)30-20)13-18(15-28-16)29-24(33)17-4-5-26-22(12-17)25(2,3)34/h4-7,12-15,34H,8-11H2,1-3H3,(H,29,33). The lowest BCUT2D eigenvalue weighted by atomic mass is 10.0. The van der Waals surface area contributed by atoms with Crippen molar-refractivity contribution in [2.75, 3.05) is 36.5 Å². The largest absolute Gasteiger partial charge is 0.384 e. The molecule has 0 bridgehead atoms. The Hall–Kier alpha value is -3.89. The number of carbonyl (C=O) groups is 1. The van der Waals surface area contributed by atoms with Crippen LogP contribution in [0.4, 0.5) is 11.4 Å². The molecule has 35 heavy (non-hydrogen) atoms. The number of pyridine rings is 2. The number of rotatable bonds is 5. The third kappa shape index (κ3) is 4.71. The van der Waals surface area contributed by atoms with Crippen molar-refractivity contribution in [3.63, 3.8) is 0 Å². The maximum Gasteiger partial charge on any atom is 0.255 e. The van der Waals surface area contributed by atoms with Gasteiger partial charge >= 0.3 is 0 Å². The Balaban J connectivity index is 1.48. The van der Waals surface area contributed by atoms with E-state index < -0.39 is 5.60 Å². The quantitative estimate of drug-likeness (QED) is 0.454. The van der Waals surface area contributed by atoms with E-state index in [0.717, 1.165) is 41.4 Å². The molecular weight excluding hydrogens is 446 g/mol. The van der Waals surface area contributed by atoms with E-state index in [1.54, 1.807) is 42.9 Å². The van der Waals surface area contributed by atoms with Gasteiger partial charge in [-0.2, -0.15) is 5.10 Å². The summed E-state index contributed by atoms with van der Waals surface area (Å²) < 4.78 is 7.28. The number of anilines is 2. The topological polar surface area (TPSA) is 118 Å². The molecule has 0 aromatic carbocycles. The molecule has 2 N–H and O–H groups in total. The van der Waals surface area contributed by atoms with Crippen molar-refractivity contribution >= 4 is 22.9 Å². The fourth-order valence-corrected chi connectivity index (χ4v) is 4.04. The Kier molecular flexibility index (Phi) is 5.91. The van der Waals surface area contributed by atoms with Crippen molar-refractivity contribution in [1.82, 2.24) is 24.6 Å². The lowest BCUT2D eigenvalue weighted by molar-refractivity contribution is 0.0737. The zero-order valence-corrected chi connectivity index (χ0v) is 19.9. The number of imidazole rings is 1. The predicted molar refractivity (Wildman–Crippen MR) is 131 cm³/mol. The van der Waals surface area contributed by atoms with Gasteiger partial charge in [0, 0.05) is 48.5 Å². The minimum atomic E-state index is -1.15. The number of nitrogens with zero attached hydrogens (tertiary/aromatic N) is 6. The van der Waals surface area contributed by atoms with E-state index in [0.29, 0.717) is 30.2 Å². The number of hydrogen-bond acceptors (Lipinski definition) is 8. The van der Waals surface area contributed by atoms with Gasteiger partial charge in [-0.15, -0.1) is 0 Å². The van der Waals surface area contributed by atoms with Crippen molar-refractivity contribution in [2.45, 2.75) is 26.4 Å². The molecule has 4 aromatic rings. The van der Waals surface area contributed by atoms with Crippen molar-refractivity contribution in [3.8, 4) is 11.3 Å². The highest BCUT2D eigenvalue weighted by molar-refractivity contribution is 6.04. The van der Waals surface area contributed by atoms with Crippen molar-refractivity contribution in [3.05, 3.63) is 66.0 Å². The lowest BCUT2D eigenvalue weighted by Gasteiger charge is -2.29. The summed E-state index contributed by atoms with van der Waals surface area (Å²) in [5, 5.41) is 17.9. The van der Waals surface area contributed by atoms with Gasteiger partial charge in [-0.1, -0.05) is 0 Å². The van der Waals surface area contributed by atoms with Crippen LogP contribution >= 0.6 is 0 Å². The van der Waals surface area contributed by atoms with Crippen LogP contribution in [0.2, 0.25) is 0 Å². The van der Waals surface area contributed by atoms with E-state index in [2.05, 4.69) is 25.2 Å². The van der Waals surface area contributed by atoms with E-state index in [1.807, 2.05) is 25.3 Å². The fraction of sp³-hybridized carbons (Fsp3) is 0.320. The Morgan fingerprint density at radius 3 is 2.69 bits per heavy atom. The second-order valence-corrected chi connectivity index (χ2v) is 9.01. The Labute approximate surface area is 202 Å². The van der Waals surface area contributed by atoms with Gasteiger partial charge in [-0.3, -0.25) is 14.8 Å². The molecule has 1 amide bonds. The van der Waals surface area contributed by atoms with Crippen LogP contribution in [-0.4, -0.2) is 61.9 Å². The molecule has 0 spiro atoms. The second kappa shape index (κ2) is 9.05. The van der Waals surface area contributed by atoms with Gasteiger partial charge in [-0.25, -0.2) is 9.50 Å². The van der Waals surface area contributed by atoms with Crippen LogP contribution in [0.1, 0.15) is 35.6 Å². The van der Waals surface area contributed by atoms with E-state index in [1.165, 1.54) is 6.20 Å². The molecule has 5 heterocycles. The number of aromatic nitrogens is 5. The summed E-state index contributed by atoms with van der Waals surface area (Å²) in [6.45, 7) is 8.04. The first-order valence-electron chi connectivity index (χ1n) is 11.4. The SMILES string of the molecule is Cc1ncc(NC(=O)c2ccnc(C(C)(C)O)c2)cc1-c1cc(N2CCOCC2)c2nccn2n1. The van der Waals surface area contributed by atoms with Gasteiger partial charge in [-0.05, 0) is 45.0 Å². The first kappa shape index (κ1) is 22.9. The Bertz CT molecular complexity index is 1390. The predicted octanol–water partition coefficient (Wildman–Crippen LogP) is 2.81. The molecule has 0 unspecified atom stereocenters. The molecule has 1 aliphatic heterocycles. The van der Waals surface area contributed by atoms with Crippen LogP contribution in [0.5, 0.6) is 0 Å². The molecule has 1 saturated heterocycles. The van der Waals surface area contributed by atoms with Crippen LogP contribution in [0.15, 0.2) is 49.1 Å². The first-order valence-corrected chi connectivity index (χ1v) is 11.4. The van der Waals surface area contributed by atoms with Crippen LogP contribution in [0.3, 0.4) is 0 Å². The first-order chi connectivity index (χ1) is 16.8. The van der Waals surface area contributed by atoms with Crippen LogP contribution in [-0.2, 0) is 10.3 Å². The fourth-order valence-electron chi connectivity index (χ4n) is 4.04. The highest BCUT2D eigenvalue weighted by Crippen LogP contribution is 2.30. The summed E-state index contributed by atoms with van der Waals surface area (Å²) in [4.78, 5) is 28.3. The highest BCUT2D eigenvalue weighted by atomic mass is 16.5. The van der Waals surface area contributed by atoms with Crippen molar-refractivity contribution in [1.29, 1.82) is 0 Å². The number of morpholine rings is 1. The molecule has 0 atom stereocenters. The number of fused-ring (bicyclic) bond motifs is 1. The third-order valence-corrected chi connectivity index (χ3v) is 5.96. The van der Waals surface area contributed by atoms with Gasteiger partial charge in [0.1, 0.15) is 5.60 Å². The van der Waals surface area contributed by atoms with Crippen molar-refractivity contribution < 1.29 is 14.6 Å². The van der Waals surface area contributed by atoms with Crippen molar-refractivity contribution in [2.24, 2.45) is 0 Å². The minimum absolute atomic E-state index is 0.318. The highest BCUT2D eigenvalue weighted by Gasteiger charge is 2.21. The molecule has 0 aliphatic carbocycles. The smallest absolute Gasteiger partial charge is 0.255 e. The Morgan fingerprint density at radius 2 is 1.91 bits per heavy atom. The number of ether oxygens (including phenoxy) is 1. The normalized spacial score (nSPS) is 14.3. The van der Waals surface area contributed by atoms with Gasteiger partial charge in [0.25, 0.3) is 5.91 Å². The lowest BCUT2D eigenvalue weighted by Crippen LogP contribution is -2.36. The summed E-state index contributed by atoms with van der Waals surface area (Å²) in [5.74, 6) is -0.318. The van der Waals surface area contributed by atoms with E-state index in [4.69, 9.17) is 9.84 Å². The molecular formula is C25H27N7O3. The molecule has 5 rings (SSSR count). The van der Waals surface area contributed by atoms with Crippen LogP contribution < -0.4 is 10.2 Å². The monoisotopic (exact) mass is 473 g/mol. The molecule has 0 saturated carbocycles. The summed E-state index contributed by atoms with van der Waals surface area (Å²) in [6.07, 6.45) is 6.68. The number of amides is 1. The maximum atomic E-state index is 12.9. The molecule has 180 valence electrons. The molecule has 0 radical (unpaired) electrons. The minimum Gasteiger partial charge on any atom is -0.384 e. The van der Waals surface area contributed by atoms with Gasteiger partial charge in [0.05, 0.1) is 42.2 Å². The summed E-state index contributed by atoms with van der Waals surface area (Å²) in [7, 11) is 0. The average molecular weight is 474 g/mol. The number of hydrogen-bond donors (Lipinski definition) is 2. The van der Waals surface area contributed by atoms with Crippen LogP contribution in [0.25, 0.3) is 16.9 Å². The molecule has 10 heteroatoms. The third-order valence-electron chi connectivity index (χ3n) is 5.96. The van der Waals surface area contributed by atoms with E-state index in [9.17, 15) is 9.90 Å². The molecule has 1 fully saturated rings. The number of aliphatic hydroxyl groups is 1. The number of carbonyl (C=O) groups excluding carboxylic acids is 1. The number of nitrogens with one attached hydrogen (secondary N) is 1. The maximum absolute atomic E-state index is 12.9. The molecule has 4 aromatic heterocycles. The van der Waals surface area contributed by atoms with Crippen LogP contribution in [0, 0.1) is 6.92 Å². The Morgan fingerprint density at radius 1 is 1.11 bits per heavy atom. The van der Waals surface area contributed by atoms with Gasteiger partial charge in [0.15, 0.2) is 5.65 Å². The van der Waals surface area contributed by atoms with Gasteiger partial charge in [0.2, 0.25) is 0 Å². The summed E-state index contributed by atoms with van der Waals surface area (Å²) in [6, 6.07) is 7.07.